The summed E-state index contributed by atoms with van der Waals surface area (Å²) in [5, 5.41) is 3.44. The van der Waals surface area contributed by atoms with Gasteiger partial charge < -0.3 is 0 Å². The Bertz CT molecular complexity index is 446. The molecule has 0 unspecified atom stereocenters. The Labute approximate surface area is 96.1 Å². The summed E-state index contributed by atoms with van der Waals surface area (Å²) < 4.78 is 0. The Balaban J connectivity index is 2.76. The van der Waals surface area contributed by atoms with Crippen molar-refractivity contribution in [2.45, 2.75) is 26.2 Å². The van der Waals surface area contributed by atoms with Gasteiger partial charge in [0.15, 0.2) is 0 Å². The molecule has 0 aliphatic carbocycles. The second-order valence-corrected chi connectivity index (χ2v) is 3.75. The third-order valence-electron chi connectivity index (χ3n) is 2.21. The quantitative estimate of drug-likeness (QED) is 0.241. The summed E-state index contributed by atoms with van der Waals surface area (Å²) in [6.07, 6.45) is 0.608. The maximum absolute atomic E-state index is 8.11. The maximum atomic E-state index is 8.11. The summed E-state index contributed by atoms with van der Waals surface area (Å²) in [4.78, 5) is 2.68. The summed E-state index contributed by atoms with van der Waals surface area (Å²) in [7, 11) is 0. The van der Waals surface area contributed by atoms with Crippen LogP contribution in [-0.2, 0) is 0 Å². The molecule has 0 N–H and O–H groups in total. The van der Waals surface area contributed by atoms with Crippen molar-refractivity contribution in [1.29, 1.82) is 0 Å². The van der Waals surface area contributed by atoms with Gasteiger partial charge in [0.1, 0.15) is 0 Å². The van der Waals surface area contributed by atoms with Crippen LogP contribution in [0.4, 0.5) is 0 Å². The lowest BCUT2D eigenvalue weighted by molar-refractivity contribution is 0.863. The molecule has 3 heteroatoms. The van der Waals surface area contributed by atoms with E-state index in [0.717, 1.165) is 5.56 Å². The number of hydrogen-bond donors (Lipinski definition) is 0. The Morgan fingerprint density at radius 1 is 1.38 bits per heavy atom. The zero-order chi connectivity index (χ0) is 11.8. The van der Waals surface area contributed by atoms with Gasteiger partial charge in [0.2, 0.25) is 0 Å². The van der Waals surface area contributed by atoms with Gasteiger partial charge in [0, 0.05) is 23.4 Å². The molecule has 0 bridgehead atoms. The predicted molar refractivity (Wildman–Crippen MR) is 66.0 cm³/mol. The Morgan fingerprint density at radius 2 is 2.12 bits per heavy atom. The molecule has 0 aromatic heterocycles. The number of benzene rings is 1. The Morgan fingerprint density at radius 3 is 2.81 bits per heavy atom. The van der Waals surface area contributed by atoms with Crippen LogP contribution in [0.25, 0.3) is 10.4 Å². The molecule has 1 aromatic rings. The van der Waals surface area contributed by atoms with Crippen LogP contribution in [0.15, 0.2) is 29.4 Å². The molecule has 0 aliphatic rings. The largest absolute Gasteiger partial charge is 0.0978 e. The second-order valence-electron chi connectivity index (χ2n) is 3.75. The molecule has 0 saturated carbocycles. The van der Waals surface area contributed by atoms with Crippen molar-refractivity contribution >= 4 is 0 Å². The van der Waals surface area contributed by atoms with E-state index in [1.165, 1.54) is 5.56 Å². The van der Waals surface area contributed by atoms with Gasteiger partial charge in [-0.05, 0) is 23.1 Å². The minimum absolute atomic E-state index is 0.438. The normalized spacial score (nSPS) is 9.19. The van der Waals surface area contributed by atoms with Crippen LogP contribution in [-0.4, -0.2) is 6.54 Å². The Kier molecular flexibility index (Phi) is 4.98. The first kappa shape index (κ1) is 12.2. The zero-order valence-corrected chi connectivity index (χ0v) is 9.64. The molecule has 16 heavy (non-hydrogen) atoms. The zero-order valence-electron chi connectivity index (χ0n) is 9.64. The molecular weight excluding hydrogens is 198 g/mol. The van der Waals surface area contributed by atoms with Gasteiger partial charge in [-0.1, -0.05) is 49.0 Å². The maximum Gasteiger partial charge on any atom is 0.0367 e. The first-order valence-electron chi connectivity index (χ1n) is 5.34. The minimum Gasteiger partial charge on any atom is -0.0978 e. The number of azide groups is 1. The second kappa shape index (κ2) is 6.55. The van der Waals surface area contributed by atoms with E-state index >= 15 is 0 Å². The van der Waals surface area contributed by atoms with E-state index in [-0.39, 0.29) is 0 Å². The molecule has 0 saturated heterocycles. The highest BCUT2D eigenvalue weighted by Gasteiger charge is 2.02. The lowest BCUT2D eigenvalue weighted by atomic mass is 9.97. The highest BCUT2D eigenvalue weighted by molar-refractivity contribution is 5.42. The molecule has 1 aromatic carbocycles. The van der Waals surface area contributed by atoms with Gasteiger partial charge >= 0.3 is 0 Å². The van der Waals surface area contributed by atoms with E-state index in [4.69, 9.17) is 5.53 Å². The average Bonchev–Trinajstić information content (AvgIpc) is 2.29. The van der Waals surface area contributed by atoms with Gasteiger partial charge in [0.05, 0.1) is 0 Å². The number of nitrogens with zero attached hydrogens (tertiary/aromatic N) is 3. The van der Waals surface area contributed by atoms with Crippen molar-refractivity contribution in [3.05, 3.63) is 45.8 Å². The number of hydrogen-bond acceptors (Lipinski definition) is 1. The van der Waals surface area contributed by atoms with E-state index in [9.17, 15) is 0 Å². The third kappa shape index (κ3) is 3.68. The molecule has 0 atom stereocenters. The number of rotatable bonds is 3. The molecular formula is C13H15N3. The first-order valence-corrected chi connectivity index (χ1v) is 5.34. The van der Waals surface area contributed by atoms with Crippen molar-refractivity contribution in [2.24, 2.45) is 5.11 Å². The molecule has 3 nitrogen and oxygen atoms in total. The van der Waals surface area contributed by atoms with E-state index in [1.807, 2.05) is 18.2 Å². The van der Waals surface area contributed by atoms with Crippen LogP contribution in [0.5, 0.6) is 0 Å². The predicted octanol–water partition coefficient (Wildman–Crippen LogP) is 3.86. The lowest BCUT2D eigenvalue weighted by Crippen LogP contribution is -1.91. The van der Waals surface area contributed by atoms with Crippen molar-refractivity contribution in [1.82, 2.24) is 0 Å². The molecule has 0 spiro atoms. The molecule has 1 rings (SSSR count). The van der Waals surface area contributed by atoms with E-state index in [1.54, 1.807) is 0 Å². The van der Waals surface area contributed by atoms with Crippen LogP contribution < -0.4 is 0 Å². The van der Waals surface area contributed by atoms with Crippen molar-refractivity contribution in [3.63, 3.8) is 0 Å². The lowest BCUT2D eigenvalue weighted by Gasteiger charge is -2.07. The molecule has 0 fully saturated rings. The van der Waals surface area contributed by atoms with Crippen LogP contribution >= 0.6 is 0 Å². The monoisotopic (exact) mass is 213 g/mol. The fourth-order valence-electron chi connectivity index (χ4n) is 1.42. The van der Waals surface area contributed by atoms with Gasteiger partial charge in [-0.15, -0.1) is 0 Å². The highest BCUT2D eigenvalue weighted by Crippen LogP contribution is 2.17. The average molecular weight is 213 g/mol. The fraction of sp³-hybridized carbons (Fsp3) is 0.385. The van der Waals surface area contributed by atoms with E-state index in [0.29, 0.717) is 18.9 Å². The van der Waals surface area contributed by atoms with Gasteiger partial charge in [-0.25, -0.2) is 0 Å². The van der Waals surface area contributed by atoms with Gasteiger partial charge in [-0.2, -0.15) is 0 Å². The molecule has 0 aliphatic heterocycles. The molecule has 0 radical (unpaired) electrons. The van der Waals surface area contributed by atoms with Gasteiger partial charge in [-0.3, -0.25) is 0 Å². The highest BCUT2D eigenvalue weighted by atomic mass is 15.1. The van der Waals surface area contributed by atoms with Crippen molar-refractivity contribution in [3.8, 4) is 11.8 Å². The smallest absolute Gasteiger partial charge is 0.0367 e. The summed E-state index contributed by atoms with van der Waals surface area (Å²) in [6, 6.07) is 8.14. The van der Waals surface area contributed by atoms with E-state index in [2.05, 4.69) is 41.8 Å². The summed E-state index contributed by atoms with van der Waals surface area (Å²) >= 11 is 0. The minimum atomic E-state index is 0.438. The molecule has 0 amide bonds. The summed E-state index contributed by atoms with van der Waals surface area (Å²) in [6.45, 7) is 4.74. The SMILES string of the molecule is CC(C)c1ccccc1C#CCCN=[N+]=[N-]. The summed E-state index contributed by atoms with van der Waals surface area (Å²) in [5.74, 6) is 6.61. The van der Waals surface area contributed by atoms with Gasteiger partial charge in [0.25, 0.3) is 0 Å². The fourth-order valence-corrected chi connectivity index (χ4v) is 1.42. The van der Waals surface area contributed by atoms with Crippen molar-refractivity contribution in [2.75, 3.05) is 6.54 Å². The standard InChI is InChI=1S/C13H15N3/c1-11(2)13-9-4-3-7-12(13)8-5-6-10-15-16-14/h3-4,7,9,11H,6,10H2,1-2H3. The first-order chi connectivity index (χ1) is 7.75. The van der Waals surface area contributed by atoms with Crippen LogP contribution in [0, 0.1) is 11.8 Å². The van der Waals surface area contributed by atoms with Crippen LogP contribution in [0.3, 0.4) is 0 Å². The van der Waals surface area contributed by atoms with Crippen LogP contribution in [0.2, 0.25) is 0 Å². The molecule has 0 heterocycles. The van der Waals surface area contributed by atoms with Crippen LogP contribution in [0.1, 0.15) is 37.3 Å². The molecule has 82 valence electrons. The van der Waals surface area contributed by atoms with Crippen molar-refractivity contribution < 1.29 is 0 Å². The topological polar surface area (TPSA) is 48.8 Å². The van der Waals surface area contributed by atoms with E-state index < -0.39 is 0 Å². The third-order valence-corrected chi connectivity index (χ3v) is 2.21. The summed E-state index contributed by atoms with van der Waals surface area (Å²) in [5.41, 5.74) is 10.4. The Hall–Kier alpha value is -1.91.